The van der Waals surface area contributed by atoms with Crippen molar-refractivity contribution in [1.29, 1.82) is 0 Å². The fourth-order valence-corrected chi connectivity index (χ4v) is 28.1. The summed E-state index contributed by atoms with van der Waals surface area (Å²) in [5.41, 5.74) is 4.78. The van der Waals surface area contributed by atoms with Gasteiger partial charge in [0.1, 0.15) is 0 Å². The molecular formula is C31H46Cl2NSiZr. The number of unbranched alkanes of at least 4 members (excludes halogenated alkanes) is 7. The molecular weight excluding hydrogens is 577 g/mol. The number of rotatable bonds is 14. The summed E-state index contributed by atoms with van der Waals surface area (Å²) < 4.78 is 6.19. The maximum Gasteiger partial charge on any atom is -1.00 e. The molecule has 2 aromatic carbocycles. The van der Waals surface area contributed by atoms with Crippen LogP contribution in [-0.2, 0) is 21.2 Å². The van der Waals surface area contributed by atoms with Crippen molar-refractivity contribution < 1.29 is 46.0 Å². The molecule has 0 radical (unpaired) electrons. The van der Waals surface area contributed by atoms with Gasteiger partial charge in [0.2, 0.25) is 0 Å². The first-order valence-electron chi connectivity index (χ1n) is 13.7. The average Bonchev–Trinajstić information content (AvgIpc) is 3.06. The van der Waals surface area contributed by atoms with Gasteiger partial charge in [-0.3, -0.25) is 0 Å². The number of benzene rings is 2. The van der Waals surface area contributed by atoms with Crippen LogP contribution in [0.3, 0.4) is 0 Å². The zero-order valence-corrected chi connectivity index (χ0v) is 28.2. The molecule has 0 bridgehead atoms. The van der Waals surface area contributed by atoms with Crippen LogP contribution in [0.4, 0.5) is 0 Å². The molecule has 1 nitrogen and oxygen atoms in total. The molecule has 0 spiro atoms. The molecule has 0 amide bonds. The van der Waals surface area contributed by atoms with E-state index in [0.29, 0.717) is 5.92 Å². The van der Waals surface area contributed by atoms with Gasteiger partial charge in [-0.2, -0.15) is 0 Å². The summed E-state index contributed by atoms with van der Waals surface area (Å²) >= 11 is -2.16. The Morgan fingerprint density at radius 1 is 0.694 bits per heavy atom. The molecule has 0 heterocycles. The molecule has 0 saturated carbocycles. The Labute approximate surface area is 243 Å². The first-order chi connectivity index (χ1) is 16.6. The summed E-state index contributed by atoms with van der Waals surface area (Å²) in [6.45, 7) is 13.1. The Morgan fingerprint density at radius 2 is 1.17 bits per heavy atom. The average molecular weight is 623 g/mol. The van der Waals surface area contributed by atoms with E-state index in [0.717, 1.165) is 0 Å². The standard InChI is InChI=1S/C12H11Si.C10H22N.C9H13.2ClH.Zr/c1-3-7-11(8-4-1)13-12-9-5-2-6-10-12;1-2-3-4-5-6-7-8-9-10-11;1-6-5-7(2)9(4)8(6)3;;;/h1-10,13H;11H,2-10H2,1H3;6H,1-4H3;2*1H;/q;-1;;;;+3/p-2. The fourth-order valence-electron chi connectivity index (χ4n) is 5.45. The molecule has 1 aliphatic carbocycles. The maximum absolute atomic E-state index is 4.35. The third-order valence-corrected chi connectivity index (χ3v) is 27.7. The van der Waals surface area contributed by atoms with Gasteiger partial charge in [0.25, 0.3) is 0 Å². The number of nitrogens with one attached hydrogen (secondary N) is 1. The molecule has 1 unspecified atom stereocenters. The second-order valence-electron chi connectivity index (χ2n) is 10.1. The van der Waals surface area contributed by atoms with Gasteiger partial charge in [-0.05, 0) is 0 Å². The number of halogens is 2. The minimum atomic E-state index is -2.16. The van der Waals surface area contributed by atoms with Gasteiger partial charge in [0.15, 0.2) is 0 Å². The van der Waals surface area contributed by atoms with E-state index in [2.05, 4.69) is 98.5 Å². The van der Waals surface area contributed by atoms with Crippen LogP contribution >= 0.6 is 0 Å². The summed E-state index contributed by atoms with van der Waals surface area (Å²) in [6, 6.07) is 23.1. The molecule has 0 fully saturated rings. The maximum atomic E-state index is 4.35. The van der Waals surface area contributed by atoms with E-state index >= 15 is 0 Å². The molecule has 0 saturated heterocycles. The number of allylic oxidation sites excluding steroid dienone is 4. The predicted octanol–water partition coefficient (Wildman–Crippen LogP) is 1.06. The van der Waals surface area contributed by atoms with E-state index in [-0.39, 0.29) is 24.8 Å². The van der Waals surface area contributed by atoms with Crippen LogP contribution in [-0.4, -0.2) is 12.5 Å². The van der Waals surface area contributed by atoms with Crippen molar-refractivity contribution in [3.8, 4) is 0 Å². The van der Waals surface area contributed by atoms with Crippen LogP contribution in [0.25, 0.3) is 0 Å². The molecule has 1 atom stereocenters. The summed E-state index contributed by atoms with van der Waals surface area (Å²) in [5, 5.41) is 3.25. The predicted molar refractivity (Wildman–Crippen MR) is 150 cm³/mol. The quantitative estimate of drug-likeness (QED) is 0.246. The zero-order valence-electron chi connectivity index (χ0n) is 23.0. The van der Waals surface area contributed by atoms with Crippen molar-refractivity contribution in [2.75, 3.05) is 6.54 Å². The van der Waals surface area contributed by atoms with Crippen molar-refractivity contribution >= 4 is 16.3 Å². The van der Waals surface area contributed by atoms with Gasteiger partial charge < -0.3 is 24.8 Å². The van der Waals surface area contributed by atoms with E-state index < -0.39 is 27.1 Å². The largest absolute Gasteiger partial charge is 1.00 e. The summed E-state index contributed by atoms with van der Waals surface area (Å²) in [6.07, 6.45) is 11.1. The van der Waals surface area contributed by atoms with Crippen molar-refractivity contribution in [2.45, 2.75) is 86.0 Å². The van der Waals surface area contributed by atoms with Crippen LogP contribution in [0.1, 0.15) is 86.0 Å². The van der Waals surface area contributed by atoms with Gasteiger partial charge in [-0.25, -0.2) is 0 Å². The monoisotopic (exact) mass is 620 g/mol. The van der Waals surface area contributed by atoms with E-state index in [9.17, 15) is 0 Å². The molecule has 36 heavy (non-hydrogen) atoms. The smallest absolute Gasteiger partial charge is 1.00 e. The molecule has 3 rings (SSSR count). The molecule has 0 aliphatic heterocycles. The SMILES string of the molecule is CCCCCCCCCC[NH][Zr+2]([C]1=C(C)C(C)=C(C)C1C)[SiH](c1ccccc1)c1ccccc1.[Cl-].[Cl-]. The van der Waals surface area contributed by atoms with Crippen molar-refractivity contribution in [1.82, 2.24) is 3.26 Å². The van der Waals surface area contributed by atoms with Gasteiger partial charge in [-0.1, -0.05) is 0 Å². The Hall–Kier alpha value is -0.440. The second kappa shape index (κ2) is 18.0. The van der Waals surface area contributed by atoms with Gasteiger partial charge in [0.05, 0.1) is 0 Å². The van der Waals surface area contributed by atoms with Gasteiger partial charge in [-0.15, -0.1) is 0 Å². The Balaban J connectivity index is 0.00000324. The molecule has 1 N–H and O–H groups in total. The summed E-state index contributed by atoms with van der Waals surface area (Å²) in [7, 11) is 0. The minimum absolute atomic E-state index is 0. The van der Waals surface area contributed by atoms with Crippen LogP contribution in [0.15, 0.2) is 80.7 Å². The Kier molecular flexibility index (Phi) is 16.8. The van der Waals surface area contributed by atoms with E-state index in [1.807, 2.05) is 3.28 Å². The van der Waals surface area contributed by atoms with Crippen LogP contribution in [0.5, 0.6) is 0 Å². The first-order valence-corrected chi connectivity index (χ1v) is 22.1. The Morgan fingerprint density at radius 3 is 1.61 bits per heavy atom. The summed E-state index contributed by atoms with van der Waals surface area (Å²) in [4.78, 5) is 0. The third-order valence-electron chi connectivity index (χ3n) is 7.83. The Bertz CT molecular complexity index is 906. The van der Waals surface area contributed by atoms with Crippen LogP contribution < -0.4 is 38.4 Å². The van der Waals surface area contributed by atoms with Gasteiger partial charge >= 0.3 is 220 Å². The molecule has 2 aromatic rings. The van der Waals surface area contributed by atoms with Crippen LogP contribution in [0, 0.1) is 5.92 Å². The van der Waals surface area contributed by atoms with E-state index in [4.69, 9.17) is 0 Å². The second-order valence-corrected chi connectivity index (χ2v) is 24.2. The summed E-state index contributed by atoms with van der Waals surface area (Å²) in [5.74, 6) is -0.713. The topological polar surface area (TPSA) is 12.0 Å². The fraction of sp³-hybridized carbons (Fsp3) is 0.484. The van der Waals surface area contributed by atoms with E-state index in [1.54, 1.807) is 27.1 Å². The minimum Gasteiger partial charge on any atom is -1.00 e. The number of hydrogen-bond donors (Lipinski definition) is 1. The number of hydrogen-bond acceptors (Lipinski definition) is 1. The third kappa shape index (κ3) is 9.09. The van der Waals surface area contributed by atoms with Crippen molar-refractivity contribution in [2.24, 2.45) is 5.92 Å². The van der Waals surface area contributed by atoms with E-state index in [1.165, 1.54) is 57.9 Å². The van der Waals surface area contributed by atoms with Gasteiger partial charge in [0, 0.05) is 0 Å². The van der Waals surface area contributed by atoms with Crippen molar-refractivity contribution in [3.05, 3.63) is 80.7 Å². The zero-order chi connectivity index (χ0) is 24.3. The molecule has 0 aromatic heterocycles. The van der Waals surface area contributed by atoms with Crippen LogP contribution in [0.2, 0.25) is 0 Å². The normalized spacial score (nSPS) is 15.2. The first kappa shape index (κ1) is 33.6. The molecule has 197 valence electrons. The van der Waals surface area contributed by atoms with Crippen molar-refractivity contribution in [3.63, 3.8) is 0 Å². The molecule has 1 aliphatic rings. The molecule has 5 heteroatoms.